The van der Waals surface area contributed by atoms with Gasteiger partial charge in [-0.2, -0.15) is 0 Å². The number of carbonyl (C=O) groups is 1. The molecule has 1 unspecified atom stereocenters. The Balaban J connectivity index is 1.73. The third-order valence-electron chi connectivity index (χ3n) is 3.45. The van der Waals surface area contributed by atoms with Crippen molar-refractivity contribution in [2.75, 3.05) is 6.61 Å². The molecule has 1 N–H and O–H groups in total. The summed E-state index contributed by atoms with van der Waals surface area (Å²) in [5.74, 6) is -0.359. The number of benzene rings is 1. The average molecular weight is 344 g/mol. The number of hydrogen-bond acceptors (Lipinski definition) is 2. The van der Waals surface area contributed by atoms with Crippen molar-refractivity contribution in [3.05, 3.63) is 34.1 Å². The highest BCUT2D eigenvalue weighted by atomic mass is 79.9. The Morgan fingerprint density at radius 1 is 1.45 bits per heavy atom. The average Bonchev–Trinajstić information content (AvgIpc) is 2.47. The van der Waals surface area contributed by atoms with Crippen LogP contribution in [-0.2, 0) is 16.1 Å². The molecule has 20 heavy (non-hydrogen) atoms. The van der Waals surface area contributed by atoms with Crippen LogP contribution in [0.5, 0.6) is 0 Å². The van der Waals surface area contributed by atoms with Gasteiger partial charge in [0.1, 0.15) is 5.82 Å². The van der Waals surface area contributed by atoms with E-state index in [2.05, 4.69) is 21.2 Å². The lowest BCUT2D eigenvalue weighted by molar-refractivity contribution is -0.122. The van der Waals surface area contributed by atoms with E-state index in [9.17, 15) is 9.18 Å². The molecule has 0 aliphatic carbocycles. The first kappa shape index (κ1) is 15.4. The highest BCUT2D eigenvalue weighted by Crippen LogP contribution is 2.17. The van der Waals surface area contributed by atoms with Crippen molar-refractivity contribution in [3.63, 3.8) is 0 Å². The number of nitrogens with one attached hydrogen (secondary N) is 1. The summed E-state index contributed by atoms with van der Waals surface area (Å²) in [5, 5.41) is 2.75. The molecule has 0 saturated carbocycles. The molecule has 1 aromatic rings. The van der Waals surface area contributed by atoms with Gasteiger partial charge in [0.2, 0.25) is 5.91 Å². The molecular weight excluding hydrogens is 325 g/mol. The van der Waals surface area contributed by atoms with E-state index < -0.39 is 0 Å². The zero-order valence-electron chi connectivity index (χ0n) is 11.3. The van der Waals surface area contributed by atoms with Gasteiger partial charge in [0.05, 0.1) is 6.10 Å². The number of hydrogen-bond donors (Lipinski definition) is 1. The highest BCUT2D eigenvalue weighted by Gasteiger charge is 2.15. The van der Waals surface area contributed by atoms with Crippen LogP contribution >= 0.6 is 15.9 Å². The molecule has 0 bridgehead atoms. The minimum atomic E-state index is -0.302. The number of carbonyl (C=O) groups excluding carboxylic acids is 1. The van der Waals surface area contributed by atoms with Crippen LogP contribution in [0.25, 0.3) is 0 Å². The van der Waals surface area contributed by atoms with E-state index in [4.69, 9.17) is 4.74 Å². The molecule has 1 aromatic carbocycles. The second-order valence-electron chi connectivity index (χ2n) is 5.04. The maximum absolute atomic E-state index is 13.5. The molecule has 1 atom stereocenters. The summed E-state index contributed by atoms with van der Waals surface area (Å²) in [7, 11) is 0. The summed E-state index contributed by atoms with van der Waals surface area (Å²) in [4.78, 5) is 11.8. The molecule has 5 heteroatoms. The molecule has 1 aliphatic rings. The molecule has 1 aliphatic heterocycles. The summed E-state index contributed by atoms with van der Waals surface area (Å²) < 4.78 is 19.9. The Hall–Kier alpha value is -0.940. The molecule has 1 heterocycles. The fourth-order valence-corrected chi connectivity index (χ4v) is 2.70. The van der Waals surface area contributed by atoms with Crippen LogP contribution in [0.1, 0.15) is 37.7 Å². The topological polar surface area (TPSA) is 38.3 Å². The maximum atomic E-state index is 13.5. The molecule has 3 nitrogen and oxygen atoms in total. The predicted octanol–water partition coefficient (Wildman–Crippen LogP) is 3.55. The van der Waals surface area contributed by atoms with Gasteiger partial charge >= 0.3 is 0 Å². The molecule has 1 amide bonds. The Morgan fingerprint density at radius 3 is 3.05 bits per heavy atom. The first-order valence-electron chi connectivity index (χ1n) is 6.97. The van der Waals surface area contributed by atoms with E-state index in [0.717, 1.165) is 30.3 Å². The largest absolute Gasteiger partial charge is 0.378 e. The minimum absolute atomic E-state index is 0.0569. The normalized spacial score (nSPS) is 18.8. The van der Waals surface area contributed by atoms with Crippen molar-refractivity contribution in [3.8, 4) is 0 Å². The van der Waals surface area contributed by atoms with E-state index in [0.29, 0.717) is 12.0 Å². The van der Waals surface area contributed by atoms with Crippen molar-refractivity contribution in [1.82, 2.24) is 5.32 Å². The SMILES string of the molecule is O=C(CCC1CCCCO1)NCc1cc(Br)ccc1F. The number of ether oxygens (including phenoxy) is 1. The molecule has 0 aromatic heterocycles. The molecule has 0 spiro atoms. The van der Waals surface area contributed by atoms with E-state index >= 15 is 0 Å². The molecule has 1 fully saturated rings. The molecular formula is C15H19BrFNO2. The summed E-state index contributed by atoms with van der Waals surface area (Å²) in [6.07, 6.45) is 4.71. The number of amides is 1. The number of rotatable bonds is 5. The van der Waals surface area contributed by atoms with Gasteiger partial charge in [0.25, 0.3) is 0 Å². The predicted molar refractivity (Wildman–Crippen MR) is 78.8 cm³/mol. The quantitative estimate of drug-likeness (QED) is 0.887. The van der Waals surface area contributed by atoms with Gasteiger partial charge < -0.3 is 10.1 Å². The van der Waals surface area contributed by atoms with Crippen molar-refractivity contribution in [2.45, 2.75) is 44.8 Å². The van der Waals surface area contributed by atoms with Crippen LogP contribution in [0.2, 0.25) is 0 Å². The van der Waals surface area contributed by atoms with E-state index in [-0.39, 0.29) is 24.4 Å². The van der Waals surface area contributed by atoms with Gasteiger partial charge in [-0.25, -0.2) is 4.39 Å². The van der Waals surface area contributed by atoms with Crippen LogP contribution in [0, 0.1) is 5.82 Å². The van der Waals surface area contributed by atoms with Crippen LogP contribution in [-0.4, -0.2) is 18.6 Å². The first-order chi connectivity index (χ1) is 9.65. The lowest BCUT2D eigenvalue weighted by atomic mass is 10.0. The maximum Gasteiger partial charge on any atom is 0.220 e. The lowest BCUT2D eigenvalue weighted by Gasteiger charge is -2.22. The van der Waals surface area contributed by atoms with Crippen molar-refractivity contribution < 1.29 is 13.9 Å². The standard InChI is InChI=1S/C15H19BrFNO2/c16-12-4-6-14(17)11(9-12)10-18-15(19)7-5-13-3-1-2-8-20-13/h4,6,9,13H,1-3,5,7-8,10H2,(H,18,19). The molecule has 1 saturated heterocycles. The number of halogens is 2. The Morgan fingerprint density at radius 2 is 2.30 bits per heavy atom. The molecule has 110 valence electrons. The van der Waals surface area contributed by atoms with Gasteiger partial charge in [0.15, 0.2) is 0 Å². The summed E-state index contributed by atoms with van der Waals surface area (Å²) in [6, 6.07) is 4.71. The van der Waals surface area contributed by atoms with Crippen LogP contribution in [0.3, 0.4) is 0 Å². The van der Waals surface area contributed by atoms with E-state index in [1.165, 1.54) is 12.5 Å². The Kier molecular flexibility index (Phi) is 5.98. The Bertz CT molecular complexity index is 461. The van der Waals surface area contributed by atoms with E-state index in [1.54, 1.807) is 12.1 Å². The summed E-state index contributed by atoms with van der Waals surface area (Å²) in [6.45, 7) is 1.02. The summed E-state index contributed by atoms with van der Waals surface area (Å²) in [5.41, 5.74) is 0.488. The zero-order valence-corrected chi connectivity index (χ0v) is 12.9. The minimum Gasteiger partial charge on any atom is -0.378 e. The zero-order chi connectivity index (χ0) is 14.4. The first-order valence-corrected chi connectivity index (χ1v) is 7.76. The van der Waals surface area contributed by atoms with Crippen LogP contribution in [0.15, 0.2) is 22.7 Å². The fourth-order valence-electron chi connectivity index (χ4n) is 2.29. The highest BCUT2D eigenvalue weighted by molar-refractivity contribution is 9.10. The van der Waals surface area contributed by atoms with Crippen LogP contribution in [0.4, 0.5) is 4.39 Å². The van der Waals surface area contributed by atoms with Gasteiger partial charge in [0, 0.05) is 29.6 Å². The second-order valence-corrected chi connectivity index (χ2v) is 5.96. The van der Waals surface area contributed by atoms with Crippen LogP contribution < -0.4 is 5.32 Å². The second kappa shape index (κ2) is 7.74. The monoisotopic (exact) mass is 343 g/mol. The van der Waals surface area contributed by atoms with Crippen molar-refractivity contribution in [1.29, 1.82) is 0 Å². The van der Waals surface area contributed by atoms with Gasteiger partial charge in [-0.3, -0.25) is 4.79 Å². The van der Waals surface area contributed by atoms with Gasteiger partial charge in [-0.05, 0) is 43.9 Å². The lowest BCUT2D eigenvalue weighted by Crippen LogP contribution is -2.26. The van der Waals surface area contributed by atoms with Crippen molar-refractivity contribution in [2.24, 2.45) is 0 Å². The molecule has 0 radical (unpaired) electrons. The van der Waals surface area contributed by atoms with Crippen molar-refractivity contribution >= 4 is 21.8 Å². The molecule has 2 rings (SSSR count). The van der Waals surface area contributed by atoms with Gasteiger partial charge in [-0.15, -0.1) is 0 Å². The smallest absolute Gasteiger partial charge is 0.220 e. The third-order valence-corrected chi connectivity index (χ3v) is 3.94. The summed E-state index contributed by atoms with van der Waals surface area (Å²) >= 11 is 3.29. The van der Waals surface area contributed by atoms with E-state index in [1.807, 2.05) is 0 Å². The Labute approximate surface area is 127 Å². The third kappa shape index (κ3) is 4.87. The fraction of sp³-hybridized carbons (Fsp3) is 0.533. The van der Waals surface area contributed by atoms with Gasteiger partial charge in [-0.1, -0.05) is 15.9 Å².